The zero-order chi connectivity index (χ0) is 31.5. The van der Waals surface area contributed by atoms with Crippen LogP contribution in [0.1, 0.15) is 6.92 Å². The van der Waals surface area contributed by atoms with Crippen LogP contribution in [-0.4, -0.2) is 66.8 Å². The third-order valence-corrected chi connectivity index (χ3v) is 4.61. The van der Waals surface area contributed by atoms with Crippen LogP contribution in [-0.2, 0) is 23.7 Å². The van der Waals surface area contributed by atoms with E-state index in [4.69, 9.17) is 0 Å². The van der Waals surface area contributed by atoms with Crippen LogP contribution in [0.2, 0.25) is 0 Å². The fraction of sp³-hybridized carbons (Fsp3) is 1.00. The van der Waals surface area contributed by atoms with Crippen molar-refractivity contribution in [1.29, 1.82) is 0 Å². The fourth-order valence-corrected chi connectivity index (χ4v) is 2.92. The van der Waals surface area contributed by atoms with Crippen molar-refractivity contribution < 1.29 is 116 Å². The van der Waals surface area contributed by atoms with Gasteiger partial charge in [-0.1, -0.05) is 0 Å². The lowest BCUT2D eigenvalue weighted by molar-refractivity contribution is -0.702. The van der Waals surface area contributed by atoms with Gasteiger partial charge in [0.25, 0.3) is 0 Å². The number of hydrogen-bond acceptors (Lipinski definition) is 5. The van der Waals surface area contributed by atoms with Gasteiger partial charge in [0.05, 0.1) is 0 Å². The Hall–Kier alpha value is -1.67. The van der Waals surface area contributed by atoms with Gasteiger partial charge >= 0.3 is 72.2 Å². The minimum absolute atomic E-state index is 0.622. The van der Waals surface area contributed by atoms with E-state index in [0.717, 1.165) is 0 Å². The highest BCUT2D eigenvalue weighted by atomic mass is 19.4. The molecule has 0 unspecified atom stereocenters. The maximum absolute atomic E-state index is 14.3. The van der Waals surface area contributed by atoms with E-state index < -0.39 is 79.1 Å². The molecule has 0 aromatic carbocycles. The highest BCUT2D eigenvalue weighted by Crippen LogP contribution is 2.73. The topological polar surface area (TPSA) is 46.2 Å². The van der Waals surface area contributed by atoms with E-state index in [2.05, 4.69) is 9.47 Å². The molecule has 0 aromatic heterocycles. The first-order valence-corrected chi connectivity index (χ1v) is 8.51. The number of halogens is 21. The Labute approximate surface area is 196 Å². The molecule has 2 aliphatic rings. The molecule has 2 heterocycles. The fourth-order valence-electron chi connectivity index (χ4n) is 2.92. The van der Waals surface area contributed by atoms with Crippen molar-refractivity contribution in [3.05, 3.63) is 0 Å². The SMILES string of the molecule is CC1(F)OC(F)(F)C2(C(F)(F)O1)C(F)(F)OC(F)(C(F)(F)OC(F)(F)C(F)(F)C(F)(F)C(F)(F)F)OC2(F)F. The molecule has 2 saturated heterocycles. The molecule has 232 valence electrons. The summed E-state index contributed by atoms with van der Waals surface area (Å²) in [6.07, 6.45) is -53.7. The summed E-state index contributed by atoms with van der Waals surface area (Å²) in [5.41, 5.74) is -7.44. The largest absolute Gasteiger partial charge is 0.460 e. The molecular weight excluding hydrogens is 635 g/mol. The molecule has 2 fully saturated rings. The van der Waals surface area contributed by atoms with Gasteiger partial charge in [-0.3, -0.25) is 18.9 Å². The molecular formula is C13H3F21O5. The molecule has 0 aliphatic carbocycles. The van der Waals surface area contributed by atoms with Crippen LogP contribution < -0.4 is 0 Å². The molecule has 0 N–H and O–H groups in total. The Kier molecular flexibility index (Phi) is 6.87. The van der Waals surface area contributed by atoms with Crippen molar-refractivity contribution >= 4 is 0 Å². The molecule has 2 aliphatic heterocycles. The number of rotatable bonds is 5. The van der Waals surface area contributed by atoms with E-state index in [0.29, 0.717) is 0 Å². The first-order chi connectivity index (χ1) is 16.5. The maximum Gasteiger partial charge on any atom is 0.460 e. The summed E-state index contributed by atoms with van der Waals surface area (Å²) < 4.78 is 293. The van der Waals surface area contributed by atoms with E-state index >= 15 is 0 Å². The summed E-state index contributed by atoms with van der Waals surface area (Å²) in [6.45, 7) is -0.622. The minimum atomic E-state index is -8.28. The van der Waals surface area contributed by atoms with Gasteiger partial charge in [-0.25, -0.2) is 4.74 Å². The number of alkyl halides is 21. The van der Waals surface area contributed by atoms with Gasteiger partial charge in [-0.05, 0) is 0 Å². The Bertz CT molecular complexity index is 930. The van der Waals surface area contributed by atoms with Gasteiger partial charge in [0.1, 0.15) is 0 Å². The average molecular weight is 638 g/mol. The maximum atomic E-state index is 14.3. The van der Waals surface area contributed by atoms with Crippen LogP contribution in [0.5, 0.6) is 0 Å². The van der Waals surface area contributed by atoms with E-state index in [9.17, 15) is 92.2 Å². The normalized spacial score (nSPS) is 35.2. The number of ether oxygens (including phenoxy) is 5. The molecule has 5 nitrogen and oxygen atoms in total. The molecule has 0 saturated carbocycles. The van der Waals surface area contributed by atoms with Crippen molar-refractivity contribution in [2.45, 2.75) is 73.7 Å². The van der Waals surface area contributed by atoms with Gasteiger partial charge in [0, 0.05) is 6.92 Å². The summed E-state index contributed by atoms with van der Waals surface area (Å²) in [4.78, 5) is 0. The lowest BCUT2D eigenvalue weighted by atomic mass is 9.79. The van der Waals surface area contributed by atoms with Crippen molar-refractivity contribution in [3.63, 3.8) is 0 Å². The third-order valence-electron chi connectivity index (χ3n) is 4.61. The number of hydrogen-bond donors (Lipinski definition) is 0. The Morgan fingerprint density at radius 2 is 0.795 bits per heavy atom. The molecule has 2 rings (SSSR count). The summed E-state index contributed by atoms with van der Waals surface area (Å²) in [5, 5.41) is 0. The monoisotopic (exact) mass is 638 g/mol. The first kappa shape index (κ1) is 33.5. The van der Waals surface area contributed by atoms with Crippen molar-refractivity contribution in [1.82, 2.24) is 0 Å². The highest BCUT2D eigenvalue weighted by molar-refractivity contribution is 5.11. The predicted octanol–water partition coefficient (Wildman–Crippen LogP) is 6.74. The Morgan fingerprint density at radius 1 is 0.487 bits per heavy atom. The van der Waals surface area contributed by atoms with Gasteiger partial charge in [0.2, 0.25) is 0 Å². The minimum Gasteiger partial charge on any atom is -0.258 e. The lowest BCUT2D eigenvalue weighted by Gasteiger charge is -2.57. The first-order valence-electron chi connectivity index (χ1n) is 8.51. The molecule has 0 bridgehead atoms. The van der Waals surface area contributed by atoms with Crippen LogP contribution in [0.15, 0.2) is 0 Å². The standard InChI is InChI=1S/C13H3F21O5/c1-2(14)35-7(22,23)3(8(24,25)36-2)9(26,27)38-13(34,39-10(3,28)29)12(32,33)37-11(30,31)5(17,18)4(15,16)6(19,20)21/h1H3. The molecule has 0 amide bonds. The van der Waals surface area contributed by atoms with Gasteiger partial charge in [0.15, 0.2) is 0 Å². The van der Waals surface area contributed by atoms with Gasteiger partial charge in [-0.15, -0.1) is 0 Å². The van der Waals surface area contributed by atoms with Crippen LogP contribution in [0.4, 0.5) is 92.2 Å². The zero-order valence-corrected chi connectivity index (χ0v) is 17.0. The molecule has 0 aromatic rings. The molecule has 39 heavy (non-hydrogen) atoms. The second-order valence-corrected chi connectivity index (χ2v) is 7.38. The molecule has 26 heteroatoms. The van der Waals surface area contributed by atoms with Gasteiger partial charge in [-0.2, -0.15) is 92.2 Å². The summed E-state index contributed by atoms with van der Waals surface area (Å²) >= 11 is 0. The Morgan fingerprint density at radius 3 is 1.10 bits per heavy atom. The quantitative estimate of drug-likeness (QED) is 0.313. The van der Waals surface area contributed by atoms with Crippen molar-refractivity contribution in [2.75, 3.05) is 0 Å². The molecule has 0 radical (unpaired) electrons. The lowest BCUT2D eigenvalue weighted by Crippen LogP contribution is -2.83. The van der Waals surface area contributed by atoms with Gasteiger partial charge < -0.3 is 0 Å². The zero-order valence-electron chi connectivity index (χ0n) is 17.0. The van der Waals surface area contributed by atoms with Crippen molar-refractivity contribution in [2.24, 2.45) is 5.41 Å². The predicted molar refractivity (Wildman–Crippen MR) is 66.8 cm³/mol. The third kappa shape index (κ3) is 4.25. The summed E-state index contributed by atoms with van der Waals surface area (Å²) in [7, 11) is 0. The molecule has 0 atom stereocenters. The summed E-state index contributed by atoms with van der Waals surface area (Å²) in [5.74, 6) is -16.4. The second kappa shape index (κ2) is 7.99. The second-order valence-electron chi connectivity index (χ2n) is 7.38. The molecule has 1 spiro atoms. The summed E-state index contributed by atoms with van der Waals surface area (Å²) in [6, 6.07) is -12.5. The van der Waals surface area contributed by atoms with E-state index in [-0.39, 0.29) is 0 Å². The van der Waals surface area contributed by atoms with Crippen LogP contribution in [0.3, 0.4) is 0 Å². The Balaban J connectivity index is 2.66. The average Bonchev–Trinajstić information content (AvgIpc) is 2.52. The smallest absolute Gasteiger partial charge is 0.258 e. The van der Waals surface area contributed by atoms with E-state index in [1.165, 1.54) is 4.74 Å². The van der Waals surface area contributed by atoms with Crippen LogP contribution in [0, 0.1) is 5.41 Å². The van der Waals surface area contributed by atoms with Crippen molar-refractivity contribution in [3.8, 4) is 0 Å². The van der Waals surface area contributed by atoms with E-state index in [1.807, 2.05) is 9.47 Å². The van der Waals surface area contributed by atoms with Crippen LogP contribution in [0.25, 0.3) is 0 Å². The highest BCUT2D eigenvalue weighted by Gasteiger charge is 3.01. The van der Waals surface area contributed by atoms with E-state index in [1.54, 1.807) is 0 Å². The van der Waals surface area contributed by atoms with Crippen LogP contribution >= 0.6 is 0 Å².